The third-order valence-electron chi connectivity index (χ3n) is 3.22. The van der Waals surface area contributed by atoms with Crippen LogP contribution in [0.25, 0.3) is 0 Å². The second-order valence-corrected chi connectivity index (χ2v) is 5.03. The standard InChI is InChI=1S/C12H18O3/c1-12(2,14)11-6-3-8-7-9(13)4-5-10(8)15-11/h7,10-11,14H,3-6H2,1-2H3/t10-,11-/m1/s1. The van der Waals surface area contributed by atoms with Crippen molar-refractivity contribution in [2.45, 2.75) is 57.3 Å². The maximum atomic E-state index is 11.2. The van der Waals surface area contributed by atoms with Gasteiger partial charge in [-0.2, -0.15) is 0 Å². The molecule has 2 rings (SSSR count). The second-order valence-electron chi connectivity index (χ2n) is 5.03. The quantitative estimate of drug-likeness (QED) is 0.715. The molecule has 0 radical (unpaired) electrons. The summed E-state index contributed by atoms with van der Waals surface area (Å²) in [6.45, 7) is 3.56. The van der Waals surface area contributed by atoms with Gasteiger partial charge in [-0.25, -0.2) is 0 Å². The van der Waals surface area contributed by atoms with E-state index in [9.17, 15) is 9.90 Å². The number of fused-ring (bicyclic) bond motifs is 1. The minimum absolute atomic E-state index is 0.0628. The maximum absolute atomic E-state index is 11.2. The van der Waals surface area contributed by atoms with Gasteiger partial charge in [-0.3, -0.25) is 4.79 Å². The summed E-state index contributed by atoms with van der Waals surface area (Å²) in [6.07, 6.45) is 4.73. The molecule has 2 aliphatic rings. The predicted octanol–water partition coefficient (Wildman–Crippen LogP) is 1.59. The van der Waals surface area contributed by atoms with Crippen molar-refractivity contribution in [2.75, 3.05) is 0 Å². The summed E-state index contributed by atoms with van der Waals surface area (Å²) in [6, 6.07) is 0. The fourth-order valence-electron chi connectivity index (χ4n) is 2.30. The highest BCUT2D eigenvalue weighted by Gasteiger charge is 2.36. The first-order chi connectivity index (χ1) is 6.97. The molecule has 0 amide bonds. The van der Waals surface area contributed by atoms with E-state index in [1.165, 1.54) is 0 Å². The van der Waals surface area contributed by atoms with Crippen LogP contribution >= 0.6 is 0 Å². The van der Waals surface area contributed by atoms with Crippen LogP contribution in [0.3, 0.4) is 0 Å². The minimum atomic E-state index is -0.785. The Balaban J connectivity index is 2.08. The highest BCUT2D eigenvalue weighted by atomic mass is 16.5. The van der Waals surface area contributed by atoms with Crippen LogP contribution in [0.5, 0.6) is 0 Å². The molecule has 1 fully saturated rings. The molecule has 1 saturated heterocycles. The van der Waals surface area contributed by atoms with E-state index >= 15 is 0 Å². The Morgan fingerprint density at radius 2 is 2.13 bits per heavy atom. The Hall–Kier alpha value is -0.670. The first-order valence-electron chi connectivity index (χ1n) is 5.58. The number of aliphatic hydroxyl groups is 1. The molecule has 0 saturated carbocycles. The van der Waals surface area contributed by atoms with Crippen molar-refractivity contribution < 1.29 is 14.6 Å². The third kappa shape index (κ3) is 2.29. The SMILES string of the molecule is CC(C)(O)[C@H]1CCC2=CC(=O)CC[C@H]2O1. The van der Waals surface area contributed by atoms with E-state index in [0.29, 0.717) is 6.42 Å². The normalized spacial score (nSPS) is 32.2. The molecule has 3 nitrogen and oxygen atoms in total. The van der Waals surface area contributed by atoms with E-state index in [1.807, 2.05) is 0 Å². The van der Waals surface area contributed by atoms with Crippen LogP contribution in [0.1, 0.15) is 39.5 Å². The smallest absolute Gasteiger partial charge is 0.155 e. The van der Waals surface area contributed by atoms with Crippen molar-refractivity contribution in [1.82, 2.24) is 0 Å². The Labute approximate surface area is 90.1 Å². The summed E-state index contributed by atoms with van der Waals surface area (Å²) in [5, 5.41) is 9.87. The Bertz CT molecular complexity index is 298. The van der Waals surface area contributed by atoms with E-state index in [4.69, 9.17) is 4.74 Å². The number of rotatable bonds is 1. The maximum Gasteiger partial charge on any atom is 0.155 e. The summed E-state index contributed by atoms with van der Waals surface area (Å²) in [5.74, 6) is 0.214. The molecule has 0 aromatic rings. The summed E-state index contributed by atoms with van der Waals surface area (Å²) in [7, 11) is 0. The Morgan fingerprint density at radius 3 is 2.80 bits per heavy atom. The summed E-state index contributed by atoms with van der Waals surface area (Å²) in [4.78, 5) is 11.2. The lowest BCUT2D eigenvalue weighted by atomic mass is 9.85. The van der Waals surface area contributed by atoms with Crippen molar-refractivity contribution in [3.05, 3.63) is 11.6 Å². The van der Waals surface area contributed by atoms with Gasteiger partial charge in [0.1, 0.15) is 0 Å². The zero-order valence-electron chi connectivity index (χ0n) is 9.32. The number of ether oxygens (including phenoxy) is 1. The van der Waals surface area contributed by atoms with Crippen LogP contribution in [0.4, 0.5) is 0 Å². The van der Waals surface area contributed by atoms with Crippen molar-refractivity contribution in [3.8, 4) is 0 Å². The monoisotopic (exact) mass is 210 g/mol. The van der Waals surface area contributed by atoms with E-state index < -0.39 is 5.60 Å². The lowest BCUT2D eigenvalue weighted by Crippen LogP contribution is -2.44. The highest BCUT2D eigenvalue weighted by molar-refractivity contribution is 5.91. The lowest BCUT2D eigenvalue weighted by Gasteiger charge is -2.39. The van der Waals surface area contributed by atoms with Gasteiger partial charge in [-0.15, -0.1) is 0 Å². The van der Waals surface area contributed by atoms with Crippen LogP contribution in [0.2, 0.25) is 0 Å². The van der Waals surface area contributed by atoms with Crippen LogP contribution in [0.15, 0.2) is 11.6 Å². The van der Waals surface area contributed by atoms with Gasteiger partial charge in [0.05, 0.1) is 17.8 Å². The molecule has 1 aliphatic heterocycles. The average Bonchev–Trinajstić information content (AvgIpc) is 2.15. The molecule has 1 N–H and O–H groups in total. The summed E-state index contributed by atoms with van der Waals surface area (Å²) >= 11 is 0. The van der Waals surface area contributed by atoms with Crippen molar-refractivity contribution in [1.29, 1.82) is 0 Å². The Morgan fingerprint density at radius 1 is 1.40 bits per heavy atom. The minimum Gasteiger partial charge on any atom is -0.388 e. The van der Waals surface area contributed by atoms with E-state index in [0.717, 1.165) is 24.8 Å². The molecule has 15 heavy (non-hydrogen) atoms. The zero-order valence-corrected chi connectivity index (χ0v) is 9.32. The number of allylic oxidation sites excluding steroid dienone is 1. The van der Waals surface area contributed by atoms with Crippen LogP contribution in [-0.2, 0) is 9.53 Å². The van der Waals surface area contributed by atoms with Gasteiger partial charge >= 0.3 is 0 Å². The van der Waals surface area contributed by atoms with E-state index in [-0.39, 0.29) is 18.0 Å². The predicted molar refractivity (Wildman–Crippen MR) is 56.5 cm³/mol. The van der Waals surface area contributed by atoms with Gasteiger partial charge < -0.3 is 9.84 Å². The average molecular weight is 210 g/mol. The molecule has 0 bridgehead atoms. The second kappa shape index (κ2) is 3.72. The van der Waals surface area contributed by atoms with Crippen molar-refractivity contribution in [3.63, 3.8) is 0 Å². The number of hydrogen-bond donors (Lipinski definition) is 1. The van der Waals surface area contributed by atoms with Gasteiger partial charge in [0.2, 0.25) is 0 Å². The number of ketones is 1. The first kappa shape index (κ1) is 10.8. The van der Waals surface area contributed by atoms with Crippen LogP contribution in [-0.4, -0.2) is 28.7 Å². The van der Waals surface area contributed by atoms with Gasteiger partial charge in [-0.1, -0.05) is 0 Å². The molecule has 0 aromatic heterocycles. The number of carbonyl (C=O) groups is 1. The van der Waals surface area contributed by atoms with Crippen LogP contribution < -0.4 is 0 Å². The molecule has 0 aromatic carbocycles. The molecular formula is C12H18O3. The zero-order chi connectivity index (χ0) is 11.1. The van der Waals surface area contributed by atoms with Crippen molar-refractivity contribution in [2.24, 2.45) is 0 Å². The number of hydrogen-bond acceptors (Lipinski definition) is 3. The molecule has 2 atom stereocenters. The van der Waals surface area contributed by atoms with Gasteiger partial charge in [0.25, 0.3) is 0 Å². The molecule has 0 spiro atoms. The van der Waals surface area contributed by atoms with Gasteiger partial charge in [-0.05, 0) is 44.8 Å². The lowest BCUT2D eigenvalue weighted by molar-refractivity contribution is -0.132. The largest absolute Gasteiger partial charge is 0.388 e. The molecular weight excluding hydrogens is 192 g/mol. The molecule has 3 heteroatoms. The highest BCUT2D eigenvalue weighted by Crippen LogP contribution is 2.34. The molecule has 1 heterocycles. The van der Waals surface area contributed by atoms with E-state index in [1.54, 1.807) is 19.9 Å². The molecule has 84 valence electrons. The first-order valence-corrected chi connectivity index (χ1v) is 5.58. The van der Waals surface area contributed by atoms with Crippen LogP contribution in [0, 0.1) is 0 Å². The van der Waals surface area contributed by atoms with Gasteiger partial charge in [0, 0.05) is 6.42 Å². The molecule has 0 unspecified atom stereocenters. The third-order valence-corrected chi connectivity index (χ3v) is 3.22. The van der Waals surface area contributed by atoms with Crippen molar-refractivity contribution >= 4 is 5.78 Å². The van der Waals surface area contributed by atoms with E-state index in [2.05, 4.69) is 0 Å². The Kier molecular flexibility index (Phi) is 2.69. The summed E-state index contributed by atoms with van der Waals surface area (Å²) in [5.41, 5.74) is 0.333. The number of carbonyl (C=O) groups excluding carboxylic acids is 1. The summed E-state index contributed by atoms with van der Waals surface area (Å²) < 4.78 is 5.83. The molecule has 1 aliphatic carbocycles. The fraction of sp³-hybridized carbons (Fsp3) is 0.750. The fourth-order valence-corrected chi connectivity index (χ4v) is 2.30. The topological polar surface area (TPSA) is 46.5 Å². The van der Waals surface area contributed by atoms with Gasteiger partial charge in [0.15, 0.2) is 5.78 Å².